The first-order valence-electron chi connectivity index (χ1n) is 6.01. The van der Waals surface area contributed by atoms with Crippen molar-refractivity contribution in [3.8, 4) is 0 Å². The quantitative estimate of drug-likeness (QED) is 0.668. The predicted molar refractivity (Wildman–Crippen MR) is 60.0 cm³/mol. The van der Waals surface area contributed by atoms with Gasteiger partial charge in [0.1, 0.15) is 0 Å². The molecule has 0 bridgehead atoms. The topological polar surface area (TPSA) is 36.3 Å². The molecule has 0 saturated carbocycles. The fourth-order valence-corrected chi connectivity index (χ4v) is 2.38. The monoisotopic (exact) mass is 212 g/mol. The third kappa shape index (κ3) is 2.43. The SMILES string of the molecule is CCCC1CC[N+]2=C(N1)NC(OC)CC2. The van der Waals surface area contributed by atoms with Gasteiger partial charge in [-0.2, -0.15) is 0 Å². The zero-order valence-corrected chi connectivity index (χ0v) is 9.75. The molecule has 2 rings (SSSR count). The molecule has 0 amide bonds. The van der Waals surface area contributed by atoms with Gasteiger partial charge in [-0.25, -0.2) is 0 Å². The lowest BCUT2D eigenvalue weighted by Gasteiger charge is -2.30. The summed E-state index contributed by atoms with van der Waals surface area (Å²) in [5.74, 6) is 1.18. The minimum absolute atomic E-state index is 0.184. The maximum Gasteiger partial charge on any atom is 0.348 e. The molecule has 0 fully saturated rings. The molecule has 4 nitrogen and oxygen atoms in total. The molecule has 0 aromatic rings. The van der Waals surface area contributed by atoms with Crippen molar-refractivity contribution in [2.75, 3.05) is 20.2 Å². The molecular formula is C11H22N3O+. The van der Waals surface area contributed by atoms with Crippen molar-refractivity contribution in [3.63, 3.8) is 0 Å². The van der Waals surface area contributed by atoms with E-state index in [9.17, 15) is 0 Å². The van der Waals surface area contributed by atoms with Gasteiger partial charge in [0.2, 0.25) is 0 Å². The van der Waals surface area contributed by atoms with Crippen LogP contribution in [0.25, 0.3) is 0 Å². The Hall–Kier alpha value is -0.770. The van der Waals surface area contributed by atoms with Crippen LogP contribution in [0.15, 0.2) is 0 Å². The Labute approximate surface area is 91.7 Å². The van der Waals surface area contributed by atoms with Gasteiger partial charge in [-0.15, -0.1) is 0 Å². The molecule has 4 heteroatoms. The van der Waals surface area contributed by atoms with Crippen LogP contribution < -0.4 is 10.6 Å². The van der Waals surface area contributed by atoms with Crippen LogP contribution >= 0.6 is 0 Å². The molecule has 2 unspecified atom stereocenters. The van der Waals surface area contributed by atoms with E-state index >= 15 is 0 Å². The molecule has 2 heterocycles. The van der Waals surface area contributed by atoms with Gasteiger partial charge in [-0.05, 0) is 6.42 Å². The van der Waals surface area contributed by atoms with Crippen molar-refractivity contribution in [3.05, 3.63) is 0 Å². The van der Waals surface area contributed by atoms with Gasteiger partial charge < -0.3 is 4.74 Å². The third-order valence-corrected chi connectivity index (χ3v) is 3.29. The van der Waals surface area contributed by atoms with Crippen LogP contribution in [0.1, 0.15) is 32.6 Å². The molecule has 0 spiro atoms. The summed E-state index contributed by atoms with van der Waals surface area (Å²) in [5, 5.41) is 6.97. The smallest absolute Gasteiger partial charge is 0.348 e. The highest BCUT2D eigenvalue weighted by Gasteiger charge is 2.31. The van der Waals surface area contributed by atoms with Crippen LogP contribution in [0, 0.1) is 0 Å². The van der Waals surface area contributed by atoms with Gasteiger partial charge in [0.15, 0.2) is 6.23 Å². The molecule has 0 aromatic heterocycles. The van der Waals surface area contributed by atoms with E-state index in [1.54, 1.807) is 7.11 Å². The summed E-state index contributed by atoms with van der Waals surface area (Å²) >= 11 is 0. The number of ether oxygens (including phenoxy) is 1. The van der Waals surface area contributed by atoms with Crippen molar-refractivity contribution in [1.82, 2.24) is 10.6 Å². The Morgan fingerprint density at radius 3 is 2.87 bits per heavy atom. The minimum Gasteiger partial charge on any atom is -0.349 e. The van der Waals surface area contributed by atoms with E-state index in [-0.39, 0.29) is 6.23 Å². The zero-order chi connectivity index (χ0) is 10.7. The average Bonchev–Trinajstić information content (AvgIpc) is 2.28. The van der Waals surface area contributed by atoms with Crippen molar-refractivity contribution in [1.29, 1.82) is 0 Å². The van der Waals surface area contributed by atoms with Gasteiger partial charge >= 0.3 is 5.96 Å². The summed E-state index contributed by atoms with van der Waals surface area (Å²) in [6, 6.07) is 0.643. The van der Waals surface area contributed by atoms with Gasteiger partial charge in [-0.1, -0.05) is 13.3 Å². The number of methoxy groups -OCH3 is 1. The summed E-state index contributed by atoms with van der Waals surface area (Å²) in [4.78, 5) is 0. The number of nitrogens with one attached hydrogen (secondary N) is 2. The molecule has 0 saturated heterocycles. The first-order valence-corrected chi connectivity index (χ1v) is 6.01. The van der Waals surface area contributed by atoms with Crippen molar-refractivity contribution in [2.45, 2.75) is 44.9 Å². The standard InChI is InChI=1S/C11H21N3O/c1-3-4-9-5-7-14-8-6-10(15-2)13-11(14)12-9/h9-10H,3-8H2,1-2H3,(H,12,13)/p+1. The summed E-state index contributed by atoms with van der Waals surface area (Å²) in [5.41, 5.74) is 0. The lowest BCUT2D eigenvalue weighted by molar-refractivity contribution is -0.544. The largest absolute Gasteiger partial charge is 0.349 e. The summed E-state index contributed by atoms with van der Waals surface area (Å²) in [6.45, 7) is 4.52. The molecule has 2 aliphatic heterocycles. The number of guanidine groups is 1. The van der Waals surface area contributed by atoms with E-state index in [2.05, 4.69) is 22.1 Å². The zero-order valence-electron chi connectivity index (χ0n) is 9.75. The van der Waals surface area contributed by atoms with Crippen molar-refractivity contribution < 1.29 is 9.31 Å². The maximum absolute atomic E-state index is 5.34. The maximum atomic E-state index is 5.34. The first-order chi connectivity index (χ1) is 7.33. The van der Waals surface area contributed by atoms with E-state index in [1.165, 1.54) is 31.8 Å². The van der Waals surface area contributed by atoms with Gasteiger partial charge in [0.05, 0.1) is 19.1 Å². The van der Waals surface area contributed by atoms with E-state index < -0.39 is 0 Å². The lowest BCUT2D eigenvalue weighted by Crippen LogP contribution is -2.59. The lowest BCUT2D eigenvalue weighted by atomic mass is 10.1. The second-order valence-electron chi connectivity index (χ2n) is 4.41. The van der Waals surface area contributed by atoms with Crippen LogP contribution in [-0.2, 0) is 4.74 Å². The molecular weight excluding hydrogens is 190 g/mol. The Bertz CT molecular complexity index is 252. The van der Waals surface area contributed by atoms with Gasteiger partial charge in [-0.3, -0.25) is 15.2 Å². The molecule has 0 aromatic carbocycles. The molecule has 86 valence electrons. The van der Waals surface area contributed by atoms with Crippen LogP contribution in [0.4, 0.5) is 0 Å². The second kappa shape index (κ2) is 4.84. The van der Waals surface area contributed by atoms with E-state index in [1.807, 2.05) is 0 Å². The van der Waals surface area contributed by atoms with Crippen molar-refractivity contribution in [2.24, 2.45) is 0 Å². The number of nitrogens with zero attached hydrogens (tertiary/aromatic N) is 1. The highest BCUT2D eigenvalue weighted by molar-refractivity contribution is 5.76. The van der Waals surface area contributed by atoms with E-state index in [0.717, 1.165) is 13.0 Å². The predicted octanol–water partition coefficient (Wildman–Crippen LogP) is 0.483. The van der Waals surface area contributed by atoms with Gasteiger partial charge in [0, 0.05) is 20.0 Å². The molecule has 0 aliphatic carbocycles. The normalized spacial score (nSPS) is 30.5. The average molecular weight is 212 g/mol. The Morgan fingerprint density at radius 2 is 2.13 bits per heavy atom. The van der Waals surface area contributed by atoms with E-state index in [4.69, 9.17) is 4.74 Å². The highest BCUT2D eigenvalue weighted by Crippen LogP contribution is 2.10. The Balaban J connectivity index is 1.97. The summed E-state index contributed by atoms with van der Waals surface area (Å²) in [7, 11) is 1.76. The van der Waals surface area contributed by atoms with Crippen molar-refractivity contribution >= 4 is 5.96 Å². The second-order valence-corrected chi connectivity index (χ2v) is 4.41. The molecule has 2 aliphatic rings. The number of hydrogen-bond acceptors (Lipinski definition) is 3. The first kappa shape index (κ1) is 10.7. The highest BCUT2D eigenvalue weighted by atomic mass is 16.5. The Kier molecular flexibility index (Phi) is 3.46. The fraction of sp³-hybridized carbons (Fsp3) is 0.909. The minimum atomic E-state index is 0.184. The summed E-state index contributed by atoms with van der Waals surface area (Å²) < 4.78 is 7.73. The van der Waals surface area contributed by atoms with Crippen LogP contribution in [0.2, 0.25) is 0 Å². The third-order valence-electron chi connectivity index (χ3n) is 3.29. The van der Waals surface area contributed by atoms with E-state index in [0.29, 0.717) is 6.04 Å². The molecule has 0 radical (unpaired) electrons. The molecule has 15 heavy (non-hydrogen) atoms. The fourth-order valence-electron chi connectivity index (χ4n) is 2.38. The molecule has 2 N–H and O–H groups in total. The van der Waals surface area contributed by atoms with Crippen LogP contribution in [0.5, 0.6) is 0 Å². The van der Waals surface area contributed by atoms with Crippen LogP contribution in [-0.4, -0.2) is 43.0 Å². The Morgan fingerprint density at radius 1 is 1.33 bits per heavy atom. The van der Waals surface area contributed by atoms with Gasteiger partial charge in [0.25, 0.3) is 0 Å². The summed E-state index contributed by atoms with van der Waals surface area (Å²) in [6.07, 6.45) is 5.02. The van der Waals surface area contributed by atoms with Crippen LogP contribution in [0.3, 0.4) is 0 Å². The number of hydrogen-bond donors (Lipinski definition) is 2. The molecule has 2 atom stereocenters. The number of rotatable bonds is 3.